The van der Waals surface area contributed by atoms with Crippen molar-refractivity contribution in [1.82, 2.24) is 24.5 Å². The van der Waals surface area contributed by atoms with Crippen molar-refractivity contribution in [3.05, 3.63) is 78.1 Å². The van der Waals surface area contributed by atoms with Gasteiger partial charge < -0.3 is 9.30 Å². The van der Waals surface area contributed by atoms with Crippen LogP contribution in [0.15, 0.2) is 60.1 Å². The Hall–Kier alpha value is -3.96. The molecule has 206 valence electrons. The molecule has 1 aliphatic heterocycles. The van der Waals surface area contributed by atoms with Crippen molar-refractivity contribution in [3.63, 3.8) is 0 Å². The van der Waals surface area contributed by atoms with E-state index in [2.05, 4.69) is 21.9 Å². The number of hydrogen-bond donors (Lipinski definition) is 0. The van der Waals surface area contributed by atoms with Crippen LogP contribution in [-0.4, -0.2) is 52.4 Å². The first kappa shape index (κ1) is 26.3. The summed E-state index contributed by atoms with van der Waals surface area (Å²) in [5.74, 6) is -0.964. The third-order valence-electron chi connectivity index (χ3n) is 7.62. The van der Waals surface area contributed by atoms with Crippen molar-refractivity contribution in [2.45, 2.75) is 23.8 Å². The van der Waals surface area contributed by atoms with Gasteiger partial charge in [-0.05, 0) is 60.7 Å². The average molecular weight is 564 g/mol. The van der Waals surface area contributed by atoms with Gasteiger partial charge in [0.05, 0.1) is 38.6 Å². The predicted molar refractivity (Wildman–Crippen MR) is 148 cm³/mol. The van der Waals surface area contributed by atoms with Crippen LogP contribution in [0.5, 0.6) is 0 Å². The van der Waals surface area contributed by atoms with E-state index in [0.29, 0.717) is 54.0 Å². The van der Waals surface area contributed by atoms with Crippen LogP contribution < -0.4 is 0 Å². The summed E-state index contributed by atoms with van der Waals surface area (Å²) in [4.78, 5) is 4.68. The molecule has 0 aliphatic carbocycles. The molecule has 5 aromatic rings. The highest BCUT2D eigenvalue weighted by molar-refractivity contribution is 7.91. The van der Waals surface area contributed by atoms with Crippen molar-refractivity contribution < 1.29 is 21.9 Å². The highest BCUT2D eigenvalue weighted by atomic mass is 32.2. The molecule has 0 radical (unpaired) electrons. The first-order chi connectivity index (χ1) is 19.2. The minimum atomic E-state index is -3.78. The van der Waals surface area contributed by atoms with Crippen LogP contribution in [0.2, 0.25) is 0 Å². The summed E-state index contributed by atoms with van der Waals surface area (Å²) in [5, 5.41) is 8.38. The summed E-state index contributed by atoms with van der Waals surface area (Å²) in [6.45, 7) is 4.89. The third-order valence-corrected chi connectivity index (χ3v) is 8.74. The SMILES string of the molecule is C=Cc1nnn(C)c1-c1cnc2c3c(F)ccc(S(C)(=O)=O)c3n([C@H](c3ccc(F)cc3)C3CCOCC3)c2c1. The molecule has 0 N–H and O–H groups in total. The van der Waals surface area contributed by atoms with Crippen molar-refractivity contribution in [1.29, 1.82) is 0 Å². The Kier molecular flexibility index (Phi) is 6.50. The maximum absolute atomic E-state index is 15.7. The number of nitrogens with zero attached hydrogens (tertiary/aromatic N) is 5. The molecule has 11 heteroatoms. The van der Waals surface area contributed by atoms with E-state index in [1.807, 2.05) is 10.6 Å². The molecular formula is C29H27F2N5O3S. The molecule has 1 aliphatic rings. The molecule has 0 spiro atoms. The number of ether oxygens (including phenoxy) is 1. The average Bonchev–Trinajstić information content (AvgIpc) is 3.48. The lowest BCUT2D eigenvalue weighted by molar-refractivity contribution is 0.0552. The van der Waals surface area contributed by atoms with Crippen LogP contribution in [0.4, 0.5) is 8.78 Å². The number of benzene rings is 2. The Morgan fingerprint density at radius 1 is 1.12 bits per heavy atom. The summed E-state index contributed by atoms with van der Waals surface area (Å²) >= 11 is 0. The number of aromatic nitrogens is 5. The van der Waals surface area contributed by atoms with Crippen LogP contribution >= 0.6 is 0 Å². The zero-order chi connectivity index (χ0) is 28.2. The molecule has 6 rings (SSSR count). The van der Waals surface area contributed by atoms with E-state index in [4.69, 9.17) is 4.74 Å². The standard InChI is InChI=1S/C29H27F2N5O3S/c1-4-22-28(35(2)34-33-22)19-15-23-26(32-16-19)25-21(31)9-10-24(40(3,37)38)29(25)36(23)27(18-11-13-39-14-12-18)17-5-7-20(30)8-6-17/h4-10,15-16,18,27H,1,11-14H2,2-3H3/t27-/m1/s1. The first-order valence-corrected chi connectivity index (χ1v) is 14.8. The molecular weight excluding hydrogens is 536 g/mol. The highest BCUT2D eigenvalue weighted by Crippen LogP contribution is 2.43. The van der Waals surface area contributed by atoms with Crippen molar-refractivity contribution in [3.8, 4) is 11.3 Å². The lowest BCUT2D eigenvalue weighted by Crippen LogP contribution is -2.27. The minimum absolute atomic E-state index is 0.000509. The zero-order valence-electron chi connectivity index (χ0n) is 22.0. The summed E-state index contributed by atoms with van der Waals surface area (Å²) < 4.78 is 65.0. The maximum Gasteiger partial charge on any atom is 0.177 e. The number of aryl methyl sites for hydroxylation is 1. The van der Waals surface area contributed by atoms with E-state index in [0.717, 1.165) is 11.8 Å². The largest absolute Gasteiger partial charge is 0.381 e. The van der Waals surface area contributed by atoms with Gasteiger partial charge in [0, 0.05) is 38.3 Å². The van der Waals surface area contributed by atoms with Crippen molar-refractivity contribution in [2.24, 2.45) is 13.0 Å². The molecule has 1 saturated heterocycles. The van der Waals surface area contributed by atoms with Crippen LogP contribution in [0.25, 0.3) is 39.3 Å². The van der Waals surface area contributed by atoms with Crippen LogP contribution in [0.3, 0.4) is 0 Å². The molecule has 3 aromatic heterocycles. The summed E-state index contributed by atoms with van der Waals surface area (Å²) in [5.41, 5.74) is 3.74. The molecule has 4 heterocycles. The van der Waals surface area contributed by atoms with Gasteiger partial charge in [-0.1, -0.05) is 23.9 Å². The van der Waals surface area contributed by atoms with Gasteiger partial charge in [0.2, 0.25) is 0 Å². The quantitative estimate of drug-likeness (QED) is 0.260. The highest BCUT2D eigenvalue weighted by Gasteiger charge is 2.33. The van der Waals surface area contributed by atoms with E-state index in [1.165, 1.54) is 24.3 Å². The second-order valence-corrected chi connectivity index (χ2v) is 12.1. The number of halogens is 2. The molecule has 40 heavy (non-hydrogen) atoms. The number of hydrogen-bond acceptors (Lipinski definition) is 6. The Morgan fingerprint density at radius 2 is 1.85 bits per heavy atom. The molecule has 8 nitrogen and oxygen atoms in total. The zero-order valence-corrected chi connectivity index (χ0v) is 22.8. The van der Waals surface area contributed by atoms with Gasteiger partial charge in [0.25, 0.3) is 0 Å². The minimum Gasteiger partial charge on any atom is -0.381 e. The molecule has 2 aromatic carbocycles. The van der Waals surface area contributed by atoms with Crippen LogP contribution in [-0.2, 0) is 21.6 Å². The molecule has 0 unspecified atom stereocenters. The monoisotopic (exact) mass is 563 g/mol. The van der Waals surface area contributed by atoms with Gasteiger partial charge in [-0.25, -0.2) is 21.9 Å². The van der Waals surface area contributed by atoms with Crippen LogP contribution in [0, 0.1) is 17.6 Å². The van der Waals surface area contributed by atoms with E-state index >= 15 is 4.39 Å². The molecule has 0 amide bonds. The number of fused-ring (bicyclic) bond motifs is 3. The normalized spacial score (nSPS) is 15.6. The first-order valence-electron chi connectivity index (χ1n) is 12.9. The topological polar surface area (TPSA) is 91.9 Å². The van der Waals surface area contributed by atoms with Gasteiger partial charge in [-0.15, -0.1) is 5.10 Å². The Morgan fingerprint density at radius 3 is 2.52 bits per heavy atom. The number of pyridine rings is 1. The Labute approximate surface area is 229 Å². The molecule has 0 bridgehead atoms. The Bertz CT molecular complexity index is 1870. The Balaban J connectivity index is 1.77. The second-order valence-electron chi connectivity index (χ2n) is 10.1. The van der Waals surface area contributed by atoms with E-state index in [9.17, 15) is 12.8 Å². The van der Waals surface area contributed by atoms with Gasteiger partial charge in [-0.2, -0.15) is 0 Å². The lowest BCUT2D eigenvalue weighted by atomic mass is 9.86. The van der Waals surface area contributed by atoms with Crippen molar-refractivity contribution >= 4 is 37.8 Å². The van der Waals surface area contributed by atoms with Crippen LogP contribution in [0.1, 0.15) is 30.1 Å². The van der Waals surface area contributed by atoms with Gasteiger partial charge in [-0.3, -0.25) is 4.98 Å². The summed E-state index contributed by atoms with van der Waals surface area (Å²) in [6.07, 6.45) is 5.68. The third kappa shape index (κ3) is 4.29. The predicted octanol–water partition coefficient (Wildman–Crippen LogP) is 5.33. The summed E-state index contributed by atoms with van der Waals surface area (Å²) in [6, 6.07) is 10.0. The maximum atomic E-state index is 15.7. The van der Waals surface area contributed by atoms with Crippen molar-refractivity contribution in [2.75, 3.05) is 19.5 Å². The second kappa shape index (κ2) is 9.90. The van der Waals surface area contributed by atoms with E-state index in [1.54, 1.807) is 36.1 Å². The fourth-order valence-electron chi connectivity index (χ4n) is 5.85. The van der Waals surface area contributed by atoms with Gasteiger partial charge in [0.15, 0.2) is 9.84 Å². The fraction of sp³-hybridized carbons (Fsp3) is 0.276. The molecule has 1 atom stereocenters. The lowest BCUT2D eigenvalue weighted by Gasteiger charge is -2.33. The van der Waals surface area contributed by atoms with E-state index < -0.39 is 21.7 Å². The van der Waals surface area contributed by atoms with Gasteiger partial charge >= 0.3 is 0 Å². The summed E-state index contributed by atoms with van der Waals surface area (Å²) in [7, 11) is -2.03. The smallest absolute Gasteiger partial charge is 0.177 e. The van der Waals surface area contributed by atoms with E-state index in [-0.39, 0.29) is 27.5 Å². The number of rotatable bonds is 6. The fourth-order valence-corrected chi connectivity index (χ4v) is 6.72. The molecule has 0 saturated carbocycles. The molecule has 1 fully saturated rings. The van der Waals surface area contributed by atoms with Gasteiger partial charge in [0.1, 0.15) is 17.3 Å². The number of sulfone groups is 1.